The van der Waals surface area contributed by atoms with E-state index in [1.165, 1.54) is 0 Å². The van der Waals surface area contributed by atoms with Crippen LogP contribution in [0.25, 0.3) is 0 Å². The van der Waals surface area contributed by atoms with Crippen molar-refractivity contribution in [1.82, 2.24) is 5.32 Å². The minimum atomic E-state index is -1.25. The number of para-hydroxylation sites is 3. The second-order valence-corrected chi connectivity index (χ2v) is 9.30. The molecule has 0 radical (unpaired) electrons. The molecule has 5 nitrogen and oxygen atoms in total. The number of nitrogens with zero attached hydrogens (tertiary/aromatic N) is 1. The third-order valence-electron chi connectivity index (χ3n) is 7.59. The van der Waals surface area contributed by atoms with Gasteiger partial charge in [0.25, 0.3) is 5.91 Å². The second-order valence-electron chi connectivity index (χ2n) is 9.30. The smallest absolute Gasteiger partial charge is 0.317 e. The number of hydrogen-bond acceptors (Lipinski definition) is 4. The van der Waals surface area contributed by atoms with Gasteiger partial charge >= 0.3 is 5.97 Å². The molecule has 1 fully saturated rings. The molecule has 5 heteroatoms. The number of carbonyl (C=O) groups is 2. The fraction of sp³-hybridized carbons (Fsp3) is 0.133. The van der Waals surface area contributed by atoms with Crippen LogP contribution < -0.4 is 15.0 Å². The molecule has 4 aromatic carbocycles. The molecule has 1 saturated heterocycles. The molecule has 3 aliphatic rings. The van der Waals surface area contributed by atoms with Gasteiger partial charge in [0, 0.05) is 28.8 Å². The maximum Gasteiger partial charge on any atom is 0.317 e. The molecule has 0 bridgehead atoms. The van der Waals surface area contributed by atoms with E-state index in [4.69, 9.17) is 4.74 Å². The van der Waals surface area contributed by atoms with Gasteiger partial charge in [-0.3, -0.25) is 19.8 Å². The summed E-state index contributed by atoms with van der Waals surface area (Å²) in [7, 11) is 0. The number of hydrogen-bond donors (Lipinski definition) is 1. The number of ether oxygens (including phenoxy) is 1. The van der Waals surface area contributed by atoms with Crippen LogP contribution in [0.2, 0.25) is 0 Å². The Morgan fingerprint density at radius 1 is 0.743 bits per heavy atom. The van der Waals surface area contributed by atoms with Gasteiger partial charge in [-0.25, -0.2) is 0 Å². The molecule has 170 valence electrons. The Kier molecular flexibility index (Phi) is 4.26. The van der Waals surface area contributed by atoms with Gasteiger partial charge in [-0.05, 0) is 29.8 Å². The van der Waals surface area contributed by atoms with Gasteiger partial charge in [-0.1, -0.05) is 84.9 Å². The predicted molar refractivity (Wildman–Crippen MR) is 132 cm³/mol. The second kappa shape index (κ2) is 7.39. The maximum absolute atomic E-state index is 14.5. The number of benzene rings is 4. The van der Waals surface area contributed by atoms with Crippen LogP contribution in [0.1, 0.15) is 28.7 Å². The van der Waals surface area contributed by atoms with Crippen molar-refractivity contribution in [3.63, 3.8) is 0 Å². The lowest BCUT2D eigenvalue weighted by Crippen LogP contribution is -2.53. The van der Waals surface area contributed by atoms with E-state index in [0.717, 1.165) is 28.1 Å². The highest BCUT2D eigenvalue weighted by atomic mass is 16.5. The summed E-state index contributed by atoms with van der Waals surface area (Å²) in [5.74, 6) is -0.947. The van der Waals surface area contributed by atoms with E-state index < -0.39 is 11.5 Å². The maximum atomic E-state index is 14.5. The largest absolute Gasteiger partial charge is 0.426 e. The summed E-state index contributed by atoms with van der Waals surface area (Å²) in [6.07, 6.45) is 0. The highest BCUT2D eigenvalue weighted by molar-refractivity contribution is 6.15. The Balaban J connectivity index is 1.49. The van der Waals surface area contributed by atoms with E-state index in [-0.39, 0.29) is 23.8 Å². The lowest BCUT2D eigenvalue weighted by atomic mass is 9.71. The molecule has 4 atom stereocenters. The van der Waals surface area contributed by atoms with E-state index in [0.29, 0.717) is 5.75 Å². The van der Waals surface area contributed by atoms with E-state index in [2.05, 4.69) is 17.4 Å². The summed E-state index contributed by atoms with van der Waals surface area (Å²) in [5.41, 5.74) is 3.09. The molecule has 7 rings (SSSR count). The molecule has 35 heavy (non-hydrogen) atoms. The number of amides is 1. The zero-order valence-electron chi connectivity index (χ0n) is 18.8. The van der Waals surface area contributed by atoms with Gasteiger partial charge in [0.05, 0.1) is 11.6 Å². The van der Waals surface area contributed by atoms with Crippen molar-refractivity contribution in [3.8, 4) is 5.75 Å². The Morgan fingerprint density at radius 3 is 2.20 bits per heavy atom. The molecule has 0 aromatic heterocycles. The molecule has 1 N–H and O–H groups in total. The predicted octanol–water partition coefficient (Wildman–Crippen LogP) is 5.22. The van der Waals surface area contributed by atoms with E-state index in [1.807, 2.05) is 97.1 Å². The van der Waals surface area contributed by atoms with Crippen LogP contribution in [0.4, 0.5) is 11.4 Å². The summed E-state index contributed by atoms with van der Waals surface area (Å²) in [5, 5.41) is 3.71. The fourth-order valence-corrected chi connectivity index (χ4v) is 6.22. The average molecular weight is 459 g/mol. The van der Waals surface area contributed by atoms with Crippen LogP contribution in [0.15, 0.2) is 109 Å². The number of anilines is 2. The molecule has 3 heterocycles. The summed E-state index contributed by atoms with van der Waals surface area (Å²) in [6.45, 7) is 0. The number of carbonyl (C=O) groups excluding carboxylic acids is 2. The minimum absolute atomic E-state index is 0.158. The molecular formula is C30H22N2O3. The Bertz CT molecular complexity index is 1470. The average Bonchev–Trinajstić information content (AvgIpc) is 3.40. The third-order valence-corrected chi connectivity index (χ3v) is 7.59. The summed E-state index contributed by atoms with van der Waals surface area (Å²) in [4.78, 5) is 30.0. The highest BCUT2D eigenvalue weighted by Crippen LogP contribution is 2.61. The summed E-state index contributed by atoms with van der Waals surface area (Å²) >= 11 is 0. The third kappa shape index (κ3) is 2.67. The SMILES string of the molecule is O=C1Oc2ccccc2C2C(c3ccccc3)NC3(C(=O)N(c4ccccc4)c4ccccc43)C12. The molecule has 0 aliphatic carbocycles. The lowest BCUT2D eigenvalue weighted by Gasteiger charge is -2.34. The van der Waals surface area contributed by atoms with E-state index in [9.17, 15) is 9.59 Å². The minimum Gasteiger partial charge on any atom is -0.426 e. The van der Waals surface area contributed by atoms with Crippen LogP contribution in [0.5, 0.6) is 5.75 Å². The van der Waals surface area contributed by atoms with Gasteiger partial charge in [0.1, 0.15) is 11.3 Å². The number of rotatable bonds is 2. The zero-order chi connectivity index (χ0) is 23.6. The lowest BCUT2D eigenvalue weighted by molar-refractivity contribution is -0.146. The van der Waals surface area contributed by atoms with Gasteiger partial charge in [0.2, 0.25) is 0 Å². The fourth-order valence-electron chi connectivity index (χ4n) is 6.22. The first-order valence-electron chi connectivity index (χ1n) is 11.8. The van der Waals surface area contributed by atoms with Gasteiger partial charge < -0.3 is 4.74 Å². The molecule has 3 aliphatic heterocycles. The zero-order valence-corrected chi connectivity index (χ0v) is 18.8. The quantitative estimate of drug-likeness (QED) is 0.330. The molecule has 4 aromatic rings. The summed E-state index contributed by atoms with van der Waals surface area (Å²) in [6, 6.07) is 34.8. The molecular weight excluding hydrogens is 436 g/mol. The van der Waals surface area contributed by atoms with Gasteiger partial charge in [-0.15, -0.1) is 0 Å². The van der Waals surface area contributed by atoms with Crippen LogP contribution in [-0.4, -0.2) is 11.9 Å². The first-order valence-corrected chi connectivity index (χ1v) is 11.8. The number of fused-ring (bicyclic) bond motifs is 6. The molecule has 1 amide bonds. The Hall–Kier alpha value is -4.22. The van der Waals surface area contributed by atoms with Crippen molar-refractivity contribution in [2.75, 3.05) is 4.90 Å². The van der Waals surface area contributed by atoms with Crippen molar-refractivity contribution in [3.05, 3.63) is 126 Å². The number of esters is 1. The van der Waals surface area contributed by atoms with Crippen molar-refractivity contribution >= 4 is 23.3 Å². The molecule has 1 spiro atoms. The Labute approximate surface area is 203 Å². The van der Waals surface area contributed by atoms with Crippen LogP contribution in [0.3, 0.4) is 0 Å². The standard InChI is InChI=1S/C30H22N2O3/c33-28-26-25(21-15-7-10-18-24(21)35-28)27(19-11-3-1-4-12-19)31-30(26)22-16-8-9-17-23(22)32(29(30)34)20-13-5-2-6-14-20/h1-18,25-27,31H. The first kappa shape index (κ1) is 20.2. The summed E-state index contributed by atoms with van der Waals surface area (Å²) < 4.78 is 5.87. The molecule has 0 saturated carbocycles. The monoisotopic (exact) mass is 458 g/mol. The van der Waals surface area contributed by atoms with Crippen molar-refractivity contribution < 1.29 is 14.3 Å². The van der Waals surface area contributed by atoms with Crippen LogP contribution >= 0.6 is 0 Å². The van der Waals surface area contributed by atoms with Gasteiger partial charge in [0.15, 0.2) is 0 Å². The number of nitrogens with one attached hydrogen (secondary N) is 1. The van der Waals surface area contributed by atoms with Crippen molar-refractivity contribution in [1.29, 1.82) is 0 Å². The topological polar surface area (TPSA) is 58.6 Å². The van der Waals surface area contributed by atoms with Crippen molar-refractivity contribution in [2.24, 2.45) is 5.92 Å². The normalized spacial score (nSPS) is 26.3. The van der Waals surface area contributed by atoms with Crippen LogP contribution in [0, 0.1) is 5.92 Å². The van der Waals surface area contributed by atoms with E-state index in [1.54, 1.807) is 4.90 Å². The molecule has 4 unspecified atom stereocenters. The first-order chi connectivity index (χ1) is 17.2. The van der Waals surface area contributed by atoms with Crippen molar-refractivity contribution in [2.45, 2.75) is 17.5 Å². The van der Waals surface area contributed by atoms with Crippen LogP contribution in [-0.2, 0) is 15.1 Å². The highest BCUT2D eigenvalue weighted by Gasteiger charge is 2.68. The van der Waals surface area contributed by atoms with E-state index >= 15 is 0 Å². The van der Waals surface area contributed by atoms with Gasteiger partial charge in [-0.2, -0.15) is 0 Å². The Morgan fingerprint density at radius 2 is 1.40 bits per heavy atom.